The summed E-state index contributed by atoms with van der Waals surface area (Å²) in [7, 11) is 1.98. The van der Waals surface area contributed by atoms with E-state index in [1.807, 2.05) is 34.7 Å². The Morgan fingerprint density at radius 1 is 1.24 bits per heavy atom. The number of hydrogen-bond acceptors (Lipinski definition) is 3. The molecule has 25 heavy (non-hydrogen) atoms. The summed E-state index contributed by atoms with van der Waals surface area (Å²) in [4.78, 5) is 17.7. The van der Waals surface area contributed by atoms with Gasteiger partial charge in [-0.2, -0.15) is 0 Å². The van der Waals surface area contributed by atoms with Gasteiger partial charge in [0.1, 0.15) is 5.69 Å². The molecule has 132 valence electrons. The number of hydrogen-bond donors (Lipinski definition) is 0. The maximum absolute atomic E-state index is 13.2. The lowest BCUT2D eigenvalue weighted by Crippen LogP contribution is -2.51. The summed E-state index contributed by atoms with van der Waals surface area (Å²) in [6.07, 6.45) is 2.91. The molecule has 0 unspecified atom stereocenters. The van der Waals surface area contributed by atoms with E-state index < -0.39 is 0 Å². The molecule has 1 aromatic heterocycles. The molecule has 5 nitrogen and oxygen atoms in total. The molecule has 5 rings (SSSR count). The van der Waals surface area contributed by atoms with Crippen molar-refractivity contribution in [1.82, 2.24) is 14.4 Å². The number of aryl methyl sites for hydroxylation is 1. The summed E-state index contributed by atoms with van der Waals surface area (Å²) in [5.41, 5.74) is 1.88. The Hall–Kier alpha value is -1.85. The second kappa shape index (κ2) is 5.85. The molecule has 3 fully saturated rings. The van der Waals surface area contributed by atoms with Crippen LogP contribution in [0.5, 0.6) is 0 Å². The van der Waals surface area contributed by atoms with Gasteiger partial charge in [0.25, 0.3) is 5.91 Å². The molecule has 3 aliphatic rings. The maximum atomic E-state index is 13.2. The zero-order chi connectivity index (χ0) is 17.0. The monoisotopic (exact) mass is 339 g/mol. The molecule has 0 N–H and O–H groups in total. The van der Waals surface area contributed by atoms with Crippen molar-refractivity contribution in [2.24, 2.45) is 13.0 Å². The number of benzene rings is 1. The van der Waals surface area contributed by atoms with Crippen molar-refractivity contribution in [2.45, 2.75) is 25.0 Å². The fraction of sp³-hybridized carbons (Fsp3) is 0.550. The molecule has 0 radical (unpaired) electrons. The van der Waals surface area contributed by atoms with Crippen LogP contribution in [0, 0.1) is 5.92 Å². The first-order chi connectivity index (χ1) is 12.2. The van der Waals surface area contributed by atoms with E-state index in [0.717, 1.165) is 42.2 Å². The molecule has 2 atom stereocenters. The third-order valence-electron chi connectivity index (χ3n) is 6.06. The zero-order valence-corrected chi connectivity index (χ0v) is 14.7. The van der Waals surface area contributed by atoms with Gasteiger partial charge in [-0.1, -0.05) is 18.2 Å². The minimum atomic E-state index is 0.128. The van der Waals surface area contributed by atoms with Crippen molar-refractivity contribution >= 4 is 16.8 Å². The van der Waals surface area contributed by atoms with Crippen LogP contribution in [-0.2, 0) is 11.8 Å². The van der Waals surface area contributed by atoms with Crippen molar-refractivity contribution < 1.29 is 9.53 Å². The standard InChI is InChI=1S/C20H25N3O2/c1-21-16-5-3-2-4-15(16)10-17(21)20(24)23-12-18-19(13-23)25-9-8-22(18)11-14-6-7-14/h2-5,10,14,18-19H,6-9,11-13H2,1H3/t18-,19+/m1/s1. The van der Waals surface area contributed by atoms with Crippen molar-refractivity contribution in [3.8, 4) is 0 Å². The summed E-state index contributed by atoms with van der Waals surface area (Å²) in [5.74, 6) is 1.00. The molecule has 1 aliphatic carbocycles. The highest BCUT2D eigenvalue weighted by Crippen LogP contribution is 2.33. The van der Waals surface area contributed by atoms with Crippen LogP contribution in [0.2, 0.25) is 0 Å². The molecule has 1 amide bonds. The summed E-state index contributed by atoms with van der Waals surface area (Å²) >= 11 is 0. The SMILES string of the molecule is Cn1c(C(=O)N2C[C@@H]3OCCN(CC4CC4)[C@@H]3C2)cc2ccccc21. The molecule has 2 aliphatic heterocycles. The minimum Gasteiger partial charge on any atom is -0.373 e. The van der Waals surface area contributed by atoms with Crippen molar-refractivity contribution in [3.63, 3.8) is 0 Å². The van der Waals surface area contributed by atoms with Crippen LogP contribution >= 0.6 is 0 Å². The predicted molar refractivity (Wildman–Crippen MR) is 96.6 cm³/mol. The van der Waals surface area contributed by atoms with Crippen LogP contribution in [0.1, 0.15) is 23.3 Å². The number of ether oxygens (including phenoxy) is 1. The van der Waals surface area contributed by atoms with Crippen molar-refractivity contribution in [1.29, 1.82) is 0 Å². The lowest BCUT2D eigenvalue weighted by molar-refractivity contribution is -0.0484. The number of para-hydroxylation sites is 1. The Bertz CT molecular complexity index is 810. The predicted octanol–water partition coefficient (Wildman–Crippen LogP) is 2.11. The Morgan fingerprint density at radius 3 is 2.88 bits per heavy atom. The molecule has 2 saturated heterocycles. The van der Waals surface area contributed by atoms with Gasteiger partial charge in [0.05, 0.1) is 18.8 Å². The van der Waals surface area contributed by atoms with E-state index in [1.54, 1.807) is 0 Å². The number of nitrogens with zero attached hydrogens (tertiary/aromatic N) is 3. The maximum Gasteiger partial charge on any atom is 0.270 e. The van der Waals surface area contributed by atoms with Gasteiger partial charge in [0.2, 0.25) is 0 Å². The second-order valence-corrected chi connectivity index (χ2v) is 7.77. The van der Waals surface area contributed by atoms with E-state index in [1.165, 1.54) is 19.4 Å². The molecule has 1 saturated carbocycles. The van der Waals surface area contributed by atoms with Crippen LogP contribution in [0.25, 0.3) is 10.9 Å². The number of rotatable bonds is 3. The average Bonchev–Trinajstić information content (AvgIpc) is 3.23. The topological polar surface area (TPSA) is 37.7 Å². The quantitative estimate of drug-likeness (QED) is 0.860. The van der Waals surface area contributed by atoms with Crippen molar-refractivity contribution in [3.05, 3.63) is 36.0 Å². The van der Waals surface area contributed by atoms with Gasteiger partial charge in [0, 0.05) is 44.1 Å². The fourth-order valence-electron chi connectivity index (χ4n) is 4.44. The van der Waals surface area contributed by atoms with Gasteiger partial charge in [-0.15, -0.1) is 0 Å². The summed E-state index contributed by atoms with van der Waals surface area (Å²) in [6.45, 7) is 4.49. The number of fused-ring (bicyclic) bond motifs is 2. The van der Waals surface area contributed by atoms with Crippen LogP contribution in [-0.4, -0.2) is 65.2 Å². The normalized spacial score (nSPS) is 27.0. The molecular weight excluding hydrogens is 314 g/mol. The summed E-state index contributed by atoms with van der Waals surface area (Å²) in [5, 5.41) is 1.12. The van der Waals surface area contributed by atoms with Crippen molar-refractivity contribution in [2.75, 3.05) is 32.8 Å². The highest BCUT2D eigenvalue weighted by atomic mass is 16.5. The number of amides is 1. The third kappa shape index (κ3) is 2.66. The molecule has 3 heterocycles. The highest BCUT2D eigenvalue weighted by Gasteiger charge is 2.43. The van der Waals surface area contributed by atoms with Crippen LogP contribution in [0.4, 0.5) is 0 Å². The van der Waals surface area contributed by atoms with E-state index in [4.69, 9.17) is 4.74 Å². The van der Waals surface area contributed by atoms with E-state index in [9.17, 15) is 4.79 Å². The van der Waals surface area contributed by atoms with E-state index >= 15 is 0 Å². The number of carbonyl (C=O) groups is 1. The van der Waals surface area contributed by atoms with Gasteiger partial charge in [0.15, 0.2) is 0 Å². The largest absolute Gasteiger partial charge is 0.373 e. The Labute approximate surface area is 148 Å². The lowest BCUT2D eigenvalue weighted by Gasteiger charge is -2.36. The van der Waals surface area contributed by atoms with Gasteiger partial charge < -0.3 is 14.2 Å². The number of carbonyl (C=O) groups excluding carboxylic acids is 1. The number of aromatic nitrogens is 1. The first-order valence-electron chi connectivity index (χ1n) is 9.40. The molecule has 0 spiro atoms. The molecule has 1 aromatic carbocycles. The van der Waals surface area contributed by atoms with Gasteiger partial charge in [-0.25, -0.2) is 0 Å². The van der Waals surface area contributed by atoms with E-state index in [2.05, 4.69) is 17.0 Å². The molecular formula is C20H25N3O2. The summed E-state index contributed by atoms with van der Waals surface area (Å²) < 4.78 is 8.01. The molecule has 2 aromatic rings. The second-order valence-electron chi connectivity index (χ2n) is 7.77. The lowest BCUT2D eigenvalue weighted by atomic mass is 10.1. The van der Waals surface area contributed by atoms with E-state index in [-0.39, 0.29) is 12.0 Å². The van der Waals surface area contributed by atoms with Crippen LogP contribution in [0.15, 0.2) is 30.3 Å². The fourth-order valence-corrected chi connectivity index (χ4v) is 4.44. The Balaban J connectivity index is 1.38. The molecule has 0 bridgehead atoms. The highest BCUT2D eigenvalue weighted by molar-refractivity contribution is 5.98. The Kier molecular flexibility index (Phi) is 3.61. The zero-order valence-electron chi connectivity index (χ0n) is 14.7. The number of likely N-dealkylation sites (tertiary alicyclic amines) is 1. The van der Waals surface area contributed by atoms with Crippen LogP contribution < -0.4 is 0 Å². The smallest absolute Gasteiger partial charge is 0.270 e. The number of morpholine rings is 1. The first kappa shape index (κ1) is 15.4. The van der Waals surface area contributed by atoms with E-state index in [0.29, 0.717) is 12.6 Å². The molecule has 5 heteroatoms. The van der Waals surface area contributed by atoms with Gasteiger partial charge >= 0.3 is 0 Å². The first-order valence-corrected chi connectivity index (χ1v) is 9.40. The Morgan fingerprint density at radius 2 is 2.08 bits per heavy atom. The van der Waals surface area contributed by atoms with Gasteiger partial charge in [-0.05, 0) is 30.9 Å². The minimum absolute atomic E-state index is 0.128. The summed E-state index contributed by atoms with van der Waals surface area (Å²) in [6, 6.07) is 10.6. The third-order valence-corrected chi connectivity index (χ3v) is 6.06. The van der Waals surface area contributed by atoms with Crippen LogP contribution in [0.3, 0.4) is 0 Å². The average molecular weight is 339 g/mol. The van der Waals surface area contributed by atoms with Gasteiger partial charge in [-0.3, -0.25) is 9.69 Å².